The lowest BCUT2D eigenvalue weighted by atomic mass is 9.78. The van der Waals surface area contributed by atoms with E-state index in [-0.39, 0.29) is 39.4 Å². The van der Waals surface area contributed by atoms with E-state index in [4.69, 9.17) is 5.41 Å². The minimum Gasteiger partial charge on any atom is -0.507 e. The van der Waals surface area contributed by atoms with Gasteiger partial charge in [-0.3, -0.25) is 10.2 Å². The predicted octanol–water partition coefficient (Wildman–Crippen LogP) is 4.19. The summed E-state index contributed by atoms with van der Waals surface area (Å²) in [7, 11) is -3.94. The molecule has 0 amide bonds. The molecule has 0 aliphatic heterocycles. The van der Waals surface area contributed by atoms with Gasteiger partial charge >= 0.3 is 0 Å². The van der Waals surface area contributed by atoms with E-state index >= 15 is 0 Å². The molecule has 3 rings (SSSR count). The molecule has 1 aromatic heterocycles. The Hall–Kier alpha value is -3.13. The van der Waals surface area contributed by atoms with E-state index < -0.39 is 10.0 Å². The highest BCUT2D eigenvalue weighted by Gasteiger charge is 2.28. The van der Waals surface area contributed by atoms with Gasteiger partial charge in [0.2, 0.25) is 5.62 Å². The minimum absolute atomic E-state index is 0.0655. The van der Waals surface area contributed by atoms with E-state index in [1.54, 1.807) is 30.3 Å². The van der Waals surface area contributed by atoms with Gasteiger partial charge in [-0.05, 0) is 35.1 Å². The number of hydrogen-bond donors (Lipinski definition) is 2. The Labute approximate surface area is 194 Å². The Morgan fingerprint density at radius 2 is 1.45 bits per heavy atom. The Bertz CT molecular complexity index is 1320. The topological polar surface area (TPSA) is 105 Å². The van der Waals surface area contributed by atoms with Gasteiger partial charge in [0.1, 0.15) is 5.75 Å². The molecule has 0 aliphatic carbocycles. The van der Waals surface area contributed by atoms with Gasteiger partial charge in [-0.1, -0.05) is 59.7 Å². The van der Waals surface area contributed by atoms with Crippen LogP contribution in [0.4, 0.5) is 0 Å². The lowest BCUT2D eigenvalue weighted by molar-refractivity contribution is 0.0970. The van der Waals surface area contributed by atoms with Gasteiger partial charge in [0.05, 0.1) is 11.4 Å². The lowest BCUT2D eigenvalue weighted by Gasteiger charge is -2.28. The fourth-order valence-electron chi connectivity index (χ4n) is 3.62. The van der Waals surface area contributed by atoms with E-state index in [0.717, 1.165) is 3.97 Å². The first-order chi connectivity index (χ1) is 15.1. The zero-order valence-corrected chi connectivity index (χ0v) is 20.7. The third-order valence-corrected chi connectivity index (χ3v) is 7.21. The summed E-state index contributed by atoms with van der Waals surface area (Å²) in [6, 6.07) is 11.2. The van der Waals surface area contributed by atoms with Gasteiger partial charge in [-0.15, -0.1) is 0 Å². The summed E-state index contributed by atoms with van der Waals surface area (Å²) in [4.78, 5) is 13.3. The molecule has 176 valence electrons. The monoisotopic (exact) mass is 469 g/mol. The number of hydrogen-bond acceptors (Lipinski definition) is 5. The molecule has 1 heterocycles. The maximum atomic E-state index is 13.2. The number of imidazole rings is 1. The summed E-state index contributed by atoms with van der Waals surface area (Å²) in [5.74, 6) is -0.0974. The second-order valence-corrected chi connectivity index (χ2v) is 12.0. The number of carbonyl (C=O) groups is 1. The summed E-state index contributed by atoms with van der Waals surface area (Å²) in [6.45, 7) is 11.6. The molecule has 0 saturated carbocycles. The van der Waals surface area contributed by atoms with Crippen molar-refractivity contribution < 1.29 is 18.3 Å². The smallest absolute Gasteiger partial charge is 0.270 e. The number of aromatic hydroxyl groups is 1. The number of aromatic nitrogens is 2. The molecule has 0 spiro atoms. The second kappa shape index (κ2) is 8.33. The molecule has 0 unspecified atom stereocenters. The normalized spacial score (nSPS) is 12.7. The lowest BCUT2D eigenvalue weighted by Crippen LogP contribution is -2.31. The van der Waals surface area contributed by atoms with Crippen molar-refractivity contribution in [3.8, 4) is 5.75 Å². The van der Waals surface area contributed by atoms with Crippen LogP contribution < -0.4 is 5.62 Å². The highest BCUT2D eigenvalue weighted by Crippen LogP contribution is 2.39. The first-order valence-corrected chi connectivity index (χ1v) is 12.1. The Morgan fingerprint density at radius 1 is 0.939 bits per heavy atom. The maximum absolute atomic E-state index is 13.2. The molecule has 0 atom stereocenters. The minimum atomic E-state index is -3.94. The molecule has 8 heteroatoms. The molecule has 0 aliphatic rings. The molecule has 33 heavy (non-hydrogen) atoms. The number of nitrogens with zero attached hydrogens (tertiary/aromatic N) is 2. The number of benzene rings is 2. The third-order valence-electron chi connectivity index (χ3n) is 5.52. The highest BCUT2D eigenvalue weighted by atomic mass is 32.2. The second-order valence-electron chi connectivity index (χ2n) is 10.2. The van der Waals surface area contributed by atoms with E-state index in [1.807, 2.05) is 41.5 Å². The number of Topliss-reactive ketones (excluding diaryl/α,β-unsaturated/α-hetero) is 1. The van der Waals surface area contributed by atoms with Crippen molar-refractivity contribution in [3.63, 3.8) is 0 Å². The summed E-state index contributed by atoms with van der Waals surface area (Å²) >= 11 is 0. The van der Waals surface area contributed by atoms with Gasteiger partial charge in [0.25, 0.3) is 10.0 Å². The van der Waals surface area contributed by atoms with E-state index in [2.05, 4.69) is 0 Å². The third kappa shape index (κ3) is 4.80. The average molecular weight is 470 g/mol. The molecule has 0 bridgehead atoms. The summed E-state index contributed by atoms with van der Waals surface area (Å²) in [5.41, 5.74) is 0.644. The number of ketones is 1. The molecule has 0 saturated heterocycles. The Balaban J connectivity index is 2.02. The SMILES string of the molecule is CC(C)(C)c1cc(C(=O)Cn2ccn(S(=O)(=O)c3ccccc3)c2=N)cc(C(C)(C)C)c1O. The van der Waals surface area contributed by atoms with E-state index in [9.17, 15) is 18.3 Å². The van der Waals surface area contributed by atoms with Crippen LogP contribution in [-0.4, -0.2) is 27.8 Å². The van der Waals surface area contributed by atoms with Crippen molar-refractivity contribution in [2.24, 2.45) is 0 Å². The first-order valence-electron chi connectivity index (χ1n) is 10.7. The maximum Gasteiger partial charge on any atom is 0.270 e. The van der Waals surface area contributed by atoms with Gasteiger partial charge < -0.3 is 9.67 Å². The van der Waals surface area contributed by atoms with Crippen molar-refractivity contribution in [3.05, 3.63) is 77.2 Å². The molecular weight excluding hydrogens is 438 g/mol. The number of phenols is 1. The van der Waals surface area contributed by atoms with Crippen LogP contribution in [0.3, 0.4) is 0 Å². The van der Waals surface area contributed by atoms with E-state index in [1.165, 1.54) is 29.1 Å². The molecule has 0 fully saturated rings. The fraction of sp³-hybridized carbons (Fsp3) is 0.360. The zero-order valence-electron chi connectivity index (χ0n) is 19.9. The standard InChI is InChI=1S/C25H31N3O4S/c1-24(2,3)19-14-17(15-20(22(19)30)25(4,5)6)21(29)16-27-12-13-28(23(27)26)33(31,32)18-10-8-7-9-11-18/h7-15,26,30H,16H2,1-6H3. The molecule has 2 N–H and O–H groups in total. The summed E-state index contributed by atoms with van der Waals surface area (Å²) in [6.07, 6.45) is 2.69. The molecule has 2 aromatic carbocycles. The van der Waals surface area contributed by atoms with Gasteiger partial charge in [-0.2, -0.15) is 0 Å². The fourth-order valence-corrected chi connectivity index (χ4v) is 4.90. The highest BCUT2D eigenvalue weighted by molar-refractivity contribution is 7.90. The van der Waals surface area contributed by atoms with Crippen LogP contribution >= 0.6 is 0 Å². The van der Waals surface area contributed by atoms with Crippen molar-refractivity contribution in [2.75, 3.05) is 0 Å². The van der Waals surface area contributed by atoms with Crippen LogP contribution in [0.2, 0.25) is 0 Å². The van der Waals surface area contributed by atoms with Gasteiger partial charge in [0, 0.05) is 29.1 Å². The largest absolute Gasteiger partial charge is 0.507 e. The summed E-state index contributed by atoms with van der Waals surface area (Å²) in [5, 5.41) is 19.2. The average Bonchev–Trinajstić information content (AvgIpc) is 3.08. The molecular formula is C25H31N3O4S. The van der Waals surface area contributed by atoms with Crippen LogP contribution in [0, 0.1) is 5.41 Å². The molecule has 7 nitrogen and oxygen atoms in total. The number of rotatable bonds is 5. The zero-order chi connectivity index (χ0) is 24.8. The van der Waals surface area contributed by atoms with Crippen LogP contribution in [0.1, 0.15) is 63.0 Å². The van der Waals surface area contributed by atoms with E-state index in [0.29, 0.717) is 16.7 Å². The summed E-state index contributed by atoms with van der Waals surface area (Å²) < 4.78 is 27.9. The number of phenolic OH excluding ortho intramolecular Hbond substituents is 1. The molecule has 0 radical (unpaired) electrons. The van der Waals surface area contributed by atoms with Crippen molar-refractivity contribution in [1.82, 2.24) is 8.54 Å². The van der Waals surface area contributed by atoms with Crippen LogP contribution in [0.15, 0.2) is 59.8 Å². The Kier molecular flexibility index (Phi) is 6.19. The molecule has 3 aromatic rings. The van der Waals surface area contributed by atoms with Gasteiger partial charge in [0.15, 0.2) is 5.78 Å². The van der Waals surface area contributed by atoms with Gasteiger partial charge in [-0.25, -0.2) is 12.4 Å². The van der Waals surface area contributed by atoms with Crippen molar-refractivity contribution >= 4 is 15.8 Å². The Morgan fingerprint density at radius 3 is 1.94 bits per heavy atom. The first kappa shape index (κ1) is 24.5. The number of carbonyl (C=O) groups excluding carboxylic acids is 1. The van der Waals surface area contributed by atoms with Crippen LogP contribution in [-0.2, 0) is 27.4 Å². The number of nitrogens with one attached hydrogen (secondary N) is 1. The predicted molar refractivity (Wildman–Crippen MR) is 127 cm³/mol. The quantitative estimate of drug-likeness (QED) is 0.547. The van der Waals surface area contributed by atoms with Crippen LogP contribution in [0.5, 0.6) is 5.75 Å². The van der Waals surface area contributed by atoms with Crippen molar-refractivity contribution in [1.29, 1.82) is 5.41 Å². The van der Waals surface area contributed by atoms with Crippen LogP contribution in [0.25, 0.3) is 0 Å². The van der Waals surface area contributed by atoms with Crippen molar-refractivity contribution in [2.45, 2.75) is 63.8 Å².